The summed E-state index contributed by atoms with van der Waals surface area (Å²) in [5.74, 6) is -1.26. The highest BCUT2D eigenvalue weighted by atomic mass is 32.2. The number of thiazole rings is 1. The fourth-order valence-electron chi connectivity index (χ4n) is 4.45. The number of aromatic nitrogens is 1. The molecule has 10 heteroatoms. The molecule has 1 aromatic heterocycles. The van der Waals surface area contributed by atoms with Crippen LogP contribution >= 0.6 is 11.3 Å². The summed E-state index contributed by atoms with van der Waals surface area (Å²) < 4.78 is 32.5. The number of sulfone groups is 1. The van der Waals surface area contributed by atoms with Gasteiger partial charge in [0.15, 0.2) is 14.8 Å². The largest absolute Gasteiger partial charge is 0.381 e. The maximum absolute atomic E-state index is 13.5. The first-order valence-corrected chi connectivity index (χ1v) is 15.3. The van der Waals surface area contributed by atoms with Crippen molar-refractivity contribution in [2.24, 2.45) is 0 Å². The molecule has 1 fully saturated rings. The van der Waals surface area contributed by atoms with Gasteiger partial charge < -0.3 is 15.4 Å². The Morgan fingerprint density at radius 2 is 1.76 bits per heavy atom. The highest BCUT2D eigenvalue weighted by molar-refractivity contribution is 7.90. The second kappa shape index (κ2) is 12.7. The number of nitrogens with zero attached hydrogens (tertiary/aromatic N) is 1. The maximum atomic E-state index is 13.5. The van der Waals surface area contributed by atoms with Gasteiger partial charge in [-0.1, -0.05) is 55.8 Å². The molecule has 8 nitrogen and oxygen atoms in total. The molecule has 1 aliphatic heterocycles. The van der Waals surface area contributed by atoms with E-state index in [1.807, 2.05) is 37.3 Å². The van der Waals surface area contributed by atoms with E-state index in [1.165, 1.54) is 11.3 Å². The molecule has 198 valence electrons. The quantitative estimate of drug-likeness (QED) is 0.336. The summed E-state index contributed by atoms with van der Waals surface area (Å²) in [5, 5.41) is 6.44. The average Bonchev–Trinajstić information content (AvgIpc) is 3.33. The van der Waals surface area contributed by atoms with Crippen molar-refractivity contribution in [3.8, 4) is 0 Å². The third-order valence-corrected chi connectivity index (χ3v) is 9.00. The Hall–Kier alpha value is -2.66. The second-order valence-corrected chi connectivity index (χ2v) is 12.5. The average molecular weight is 544 g/mol. The summed E-state index contributed by atoms with van der Waals surface area (Å²) in [4.78, 5) is 31.3. The number of hydrogen-bond acceptors (Lipinski definition) is 8. The lowest BCUT2D eigenvalue weighted by atomic mass is 10.1. The molecule has 2 heterocycles. The number of hydrogen-bond donors (Lipinski definition) is 2. The molecule has 2 aromatic carbocycles. The molecule has 2 atom stereocenters. The first-order valence-electron chi connectivity index (χ1n) is 12.6. The number of nitrogens with one attached hydrogen (secondary N) is 2. The van der Waals surface area contributed by atoms with Crippen molar-refractivity contribution in [3.05, 3.63) is 65.2 Å². The van der Waals surface area contributed by atoms with Gasteiger partial charge in [-0.05, 0) is 37.0 Å². The first-order chi connectivity index (χ1) is 17.8. The molecule has 1 aliphatic rings. The van der Waals surface area contributed by atoms with E-state index < -0.39 is 27.8 Å². The monoisotopic (exact) mass is 543 g/mol. The number of para-hydroxylation sites is 1. The van der Waals surface area contributed by atoms with Crippen LogP contribution in [0.15, 0.2) is 54.6 Å². The summed E-state index contributed by atoms with van der Waals surface area (Å²) in [7, 11) is -3.62. The third-order valence-electron chi connectivity index (χ3n) is 6.34. The zero-order chi connectivity index (χ0) is 26.3. The fourth-order valence-corrected chi connectivity index (χ4v) is 6.98. The van der Waals surface area contributed by atoms with Gasteiger partial charge in [0, 0.05) is 19.3 Å². The summed E-state index contributed by atoms with van der Waals surface area (Å²) in [5.41, 5.74) is 1.41. The lowest BCUT2D eigenvalue weighted by molar-refractivity contribution is -0.123. The predicted octanol–water partition coefficient (Wildman–Crippen LogP) is 3.52. The van der Waals surface area contributed by atoms with Crippen molar-refractivity contribution in [1.82, 2.24) is 15.6 Å². The Morgan fingerprint density at radius 3 is 2.46 bits per heavy atom. The molecule has 1 saturated heterocycles. The van der Waals surface area contributed by atoms with Crippen molar-refractivity contribution < 1.29 is 22.7 Å². The van der Waals surface area contributed by atoms with Crippen molar-refractivity contribution >= 4 is 43.1 Å². The minimum Gasteiger partial charge on any atom is -0.381 e. The highest BCUT2D eigenvalue weighted by Gasteiger charge is 2.32. The number of ether oxygens (including phenoxy) is 1. The lowest BCUT2D eigenvalue weighted by Crippen LogP contribution is -2.55. The normalized spacial score (nSPS) is 16.4. The molecule has 0 unspecified atom stereocenters. The maximum Gasteiger partial charge on any atom is 0.238 e. The minimum absolute atomic E-state index is 0.0407. The van der Waals surface area contributed by atoms with Gasteiger partial charge in [-0.15, -0.1) is 11.3 Å². The molecular weight excluding hydrogens is 510 g/mol. The van der Waals surface area contributed by atoms with Crippen LogP contribution in [0.4, 0.5) is 0 Å². The molecular formula is C27H33N3O5S2. The van der Waals surface area contributed by atoms with Gasteiger partial charge in [0.1, 0.15) is 6.04 Å². The van der Waals surface area contributed by atoms with E-state index in [0.29, 0.717) is 49.5 Å². The molecule has 0 bridgehead atoms. The van der Waals surface area contributed by atoms with Gasteiger partial charge >= 0.3 is 0 Å². The molecule has 0 aliphatic carbocycles. The molecule has 0 saturated carbocycles. The van der Waals surface area contributed by atoms with Gasteiger partial charge in [-0.2, -0.15) is 0 Å². The van der Waals surface area contributed by atoms with Crippen molar-refractivity contribution in [2.75, 3.05) is 19.0 Å². The van der Waals surface area contributed by atoms with E-state index in [-0.39, 0.29) is 23.3 Å². The molecule has 1 amide bonds. The number of Topliss-reactive ketones (excluding diaryl/α,β-unsaturated/α-hetero) is 1. The van der Waals surface area contributed by atoms with Crippen LogP contribution in [0.3, 0.4) is 0 Å². The van der Waals surface area contributed by atoms with E-state index in [2.05, 4.69) is 15.6 Å². The van der Waals surface area contributed by atoms with E-state index in [4.69, 9.17) is 4.74 Å². The Morgan fingerprint density at radius 1 is 1.05 bits per heavy atom. The number of rotatable bonds is 12. The van der Waals surface area contributed by atoms with E-state index in [1.54, 1.807) is 24.3 Å². The summed E-state index contributed by atoms with van der Waals surface area (Å²) >= 11 is 1.30. The Labute approximate surface area is 221 Å². The molecule has 37 heavy (non-hydrogen) atoms. The van der Waals surface area contributed by atoms with E-state index in [0.717, 1.165) is 10.2 Å². The third kappa shape index (κ3) is 7.67. The van der Waals surface area contributed by atoms with Crippen LogP contribution in [-0.2, 0) is 25.1 Å². The molecule has 0 radical (unpaired) electrons. The SMILES string of the molecule is CCC[C@@H](NC(=O)[C@H](CS(=O)(=O)Cc1ccccc1)NC1CCOCC1)C(=O)c1nc2ccccc2s1. The molecule has 0 spiro atoms. The number of amides is 1. The predicted molar refractivity (Wildman–Crippen MR) is 145 cm³/mol. The summed E-state index contributed by atoms with van der Waals surface area (Å²) in [6, 6.07) is 14.6. The Bertz CT molecular complexity index is 1270. The second-order valence-electron chi connectivity index (χ2n) is 9.35. The van der Waals surface area contributed by atoms with Gasteiger partial charge in [-0.3, -0.25) is 9.59 Å². The summed E-state index contributed by atoms with van der Waals surface area (Å²) in [6.07, 6.45) is 2.48. The van der Waals surface area contributed by atoms with E-state index in [9.17, 15) is 18.0 Å². The molecule has 4 rings (SSSR count). The van der Waals surface area contributed by atoms with Gasteiger partial charge in [0.25, 0.3) is 0 Å². The number of carbonyl (C=O) groups excluding carboxylic acids is 2. The smallest absolute Gasteiger partial charge is 0.238 e. The van der Waals surface area contributed by atoms with Gasteiger partial charge in [0.2, 0.25) is 11.7 Å². The topological polar surface area (TPSA) is 114 Å². The fraction of sp³-hybridized carbons (Fsp3) is 0.444. The Balaban J connectivity index is 1.51. The van der Waals surface area contributed by atoms with Crippen LogP contribution in [0.25, 0.3) is 10.2 Å². The van der Waals surface area contributed by atoms with Crippen molar-refractivity contribution in [2.45, 2.75) is 56.5 Å². The van der Waals surface area contributed by atoms with Crippen molar-refractivity contribution in [1.29, 1.82) is 0 Å². The van der Waals surface area contributed by atoms with Crippen molar-refractivity contribution in [3.63, 3.8) is 0 Å². The first kappa shape index (κ1) is 27.4. The zero-order valence-corrected chi connectivity index (χ0v) is 22.5. The van der Waals surface area contributed by atoms with Gasteiger partial charge in [0.05, 0.1) is 27.8 Å². The standard InChI is InChI=1S/C27H33N3O5S2/c1-2-8-22(25(31)27-30-21-11-6-7-12-24(21)36-27)29-26(32)23(28-20-13-15-35-16-14-20)18-37(33,34)17-19-9-4-3-5-10-19/h3-7,9-12,20,22-23,28H,2,8,13-18H2,1H3,(H,29,32)/t22-,23+/m1/s1. The molecule has 3 aromatic rings. The molecule has 2 N–H and O–H groups in total. The van der Waals surface area contributed by atoms with Crippen LogP contribution in [0.5, 0.6) is 0 Å². The van der Waals surface area contributed by atoms with Crippen LogP contribution < -0.4 is 10.6 Å². The minimum atomic E-state index is -3.62. The van der Waals surface area contributed by atoms with Crippen LogP contribution in [0, 0.1) is 0 Å². The van der Waals surface area contributed by atoms with Crippen LogP contribution in [0.2, 0.25) is 0 Å². The number of fused-ring (bicyclic) bond motifs is 1. The number of carbonyl (C=O) groups is 2. The van der Waals surface area contributed by atoms with Gasteiger partial charge in [-0.25, -0.2) is 13.4 Å². The number of ketones is 1. The zero-order valence-electron chi connectivity index (χ0n) is 20.9. The van der Waals surface area contributed by atoms with E-state index >= 15 is 0 Å². The van der Waals surface area contributed by atoms with Crippen LogP contribution in [0.1, 0.15) is 48.0 Å². The lowest BCUT2D eigenvalue weighted by Gasteiger charge is -2.29. The van der Waals surface area contributed by atoms with Crippen LogP contribution in [-0.4, -0.2) is 62.2 Å². The highest BCUT2D eigenvalue weighted by Crippen LogP contribution is 2.23. The summed E-state index contributed by atoms with van der Waals surface area (Å²) in [6.45, 7) is 3.04. The Kier molecular flexibility index (Phi) is 9.42. The number of benzene rings is 2.